The van der Waals surface area contributed by atoms with E-state index in [9.17, 15) is 18.5 Å². The van der Waals surface area contributed by atoms with Crippen molar-refractivity contribution in [3.05, 3.63) is 32.8 Å². The predicted molar refractivity (Wildman–Crippen MR) is 76.7 cm³/mol. The van der Waals surface area contributed by atoms with E-state index in [0.717, 1.165) is 0 Å². The number of nitrogens with one attached hydrogen (secondary N) is 2. The molecule has 0 amide bonds. The Morgan fingerprint density at radius 2 is 2.11 bits per heavy atom. The van der Waals surface area contributed by atoms with E-state index in [1.807, 2.05) is 6.92 Å². The van der Waals surface area contributed by atoms with Crippen LogP contribution in [0.25, 0.3) is 0 Å². The second-order valence-electron chi connectivity index (χ2n) is 3.70. The number of anilines is 1. The fourth-order valence-corrected chi connectivity index (χ4v) is 2.80. The van der Waals surface area contributed by atoms with Crippen LogP contribution in [-0.4, -0.2) is 32.2 Å². The molecule has 0 saturated carbocycles. The second-order valence-corrected chi connectivity index (χ2v) is 6.39. The van der Waals surface area contributed by atoms with Gasteiger partial charge in [-0.25, -0.2) is 8.42 Å². The fraction of sp³-hybridized carbons (Fsp3) is 0.400. The van der Waals surface area contributed by atoms with Gasteiger partial charge in [0.15, 0.2) is 0 Å². The van der Waals surface area contributed by atoms with Gasteiger partial charge in [-0.2, -0.15) is 0 Å². The predicted octanol–water partition coefficient (Wildman–Crippen LogP) is 1.71. The van der Waals surface area contributed by atoms with Crippen molar-refractivity contribution in [1.82, 2.24) is 5.32 Å². The first-order valence-corrected chi connectivity index (χ1v) is 7.95. The zero-order chi connectivity index (χ0) is 14.5. The zero-order valence-electron chi connectivity index (χ0n) is 10.2. The Bertz CT molecular complexity index is 562. The Kier molecular flexibility index (Phi) is 5.70. The summed E-state index contributed by atoms with van der Waals surface area (Å²) in [4.78, 5) is 10.1. The maximum atomic E-state index is 11.8. The summed E-state index contributed by atoms with van der Waals surface area (Å²) in [5, 5.41) is 13.5. The van der Waals surface area contributed by atoms with Gasteiger partial charge in [0.05, 0.1) is 16.4 Å². The van der Waals surface area contributed by atoms with Crippen LogP contribution in [0.4, 0.5) is 11.4 Å². The molecule has 0 aromatic heterocycles. The molecule has 0 unspecified atom stereocenters. The van der Waals surface area contributed by atoms with Gasteiger partial charge in [-0.15, -0.1) is 0 Å². The van der Waals surface area contributed by atoms with Crippen molar-refractivity contribution >= 4 is 37.3 Å². The lowest BCUT2D eigenvalue weighted by molar-refractivity contribution is -0.384. The van der Waals surface area contributed by atoms with Crippen LogP contribution in [0.5, 0.6) is 0 Å². The lowest BCUT2D eigenvalue weighted by Gasteiger charge is -2.09. The summed E-state index contributed by atoms with van der Waals surface area (Å²) in [7, 11) is -3.54. The van der Waals surface area contributed by atoms with Gasteiger partial charge in [-0.3, -0.25) is 14.8 Å². The molecule has 0 spiro atoms. The molecule has 0 radical (unpaired) electrons. The van der Waals surface area contributed by atoms with Gasteiger partial charge in [0.25, 0.3) is 5.69 Å². The lowest BCUT2D eigenvalue weighted by Crippen LogP contribution is -2.26. The van der Waals surface area contributed by atoms with Crippen LogP contribution in [0.3, 0.4) is 0 Å². The Hall–Kier alpha value is -1.19. The Balaban J connectivity index is 2.86. The highest BCUT2D eigenvalue weighted by Gasteiger charge is 2.15. The molecule has 0 atom stereocenters. The molecule has 0 heterocycles. The van der Waals surface area contributed by atoms with E-state index in [4.69, 9.17) is 0 Å². The SMILES string of the molecule is CCNCCS(=O)(=O)Nc1cc([N+](=O)[O-])ccc1Br. The summed E-state index contributed by atoms with van der Waals surface area (Å²) in [6, 6.07) is 3.90. The Morgan fingerprint density at radius 1 is 1.42 bits per heavy atom. The van der Waals surface area contributed by atoms with Crippen LogP contribution in [0.15, 0.2) is 22.7 Å². The van der Waals surface area contributed by atoms with E-state index < -0.39 is 14.9 Å². The largest absolute Gasteiger partial charge is 0.316 e. The summed E-state index contributed by atoms with van der Waals surface area (Å²) >= 11 is 3.15. The van der Waals surface area contributed by atoms with Crippen molar-refractivity contribution in [2.24, 2.45) is 0 Å². The quantitative estimate of drug-likeness (QED) is 0.442. The van der Waals surface area contributed by atoms with Gasteiger partial charge in [0, 0.05) is 23.2 Å². The van der Waals surface area contributed by atoms with Crippen LogP contribution in [0.2, 0.25) is 0 Å². The summed E-state index contributed by atoms with van der Waals surface area (Å²) in [5.41, 5.74) is -0.0155. The van der Waals surface area contributed by atoms with Crippen molar-refractivity contribution in [2.75, 3.05) is 23.6 Å². The number of sulfonamides is 1. The van der Waals surface area contributed by atoms with E-state index in [-0.39, 0.29) is 17.1 Å². The first-order chi connectivity index (χ1) is 8.85. The number of nitro benzene ring substituents is 1. The van der Waals surface area contributed by atoms with E-state index in [2.05, 4.69) is 26.0 Å². The van der Waals surface area contributed by atoms with Crippen molar-refractivity contribution in [3.8, 4) is 0 Å². The van der Waals surface area contributed by atoms with Gasteiger partial charge in [0.2, 0.25) is 10.0 Å². The minimum atomic E-state index is -3.54. The number of nitro groups is 1. The number of rotatable bonds is 7. The molecular weight excluding hydrogens is 338 g/mol. The molecule has 0 fully saturated rings. The first kappa shape index (κ1) is 15.9. The molecule has 2 N–H and O–H groups in total. The van der Waals surface area contributed by atoms with Crippen LogP contribution < -0.4 is 10.0 Å². The van der Waals surface area contributed by atoms with Gasteiger partial charge in [-0.1, -0.05) is 6.92 Å². The summed E-state index contributed by atoms with van der Waals surface area (Å²) in [6.45, 7) is 2.87. The number of nitrogens with zero attached hydrogens (tertiary/aromatic N) is 1. The molecule has 106 valence electrons. The van der Waals surface area contributed by atoms with Crippen LogP contribution in [-0.2, 0) is 10.0 Å². The van der Waals surface area contributed by atoms with Crippen molar-refractivity contribution in [3.63, 3.8) is 0 Å². The highest BCUT2D eigenvalue weighted by Crippen LogP contribution is 2.27. The van der Waals surface area contributed by atoms with Gasteiger partial charge in [-0.05, 0) is 28.5 Å². The molecule has 1 aromatic carbocycles. The van der Waals surface area contributed by atoms with E-state index in [1.165, 1.54) is 18.2 Å². The van der Waals surface area contributed by atoms with Crippen molar-refractivity contribution in [2.45, 2.75) is 6.92 Å². The fourth-order valence-electron chi connectivity index (χ4n) is 1.31. The molecule has 0 bridgehead atoms. The third kappa shape index (κ3) is 5.13. The van der Waals surface area contributed by atoms with Crippen LogP contribution >= 0.6 is 15.9 Å². The maximum Gasteiger partial charge on any atom is 0.271 e. The number of halogens is 1. The first-order valence-electron chi connectivity index (χ1n) is 5.51. The zero-order valence-corrected chi connectivity index (χ0v) is 12.6. The molecule has 1 aromatic rings. The summed E-state index contributed by atoms with van der Waals surface area (Å²) < 4.78 is 26.3. The summed E-state index contributed by atoms with van der Waals surface area (Å²) in [5.74, 6) is -0.101. The van der Waals surface area contributed by atoms with Crippen LogP contribution in [0.1, 0.15) is 6.92 Å². The number of hydrogen-bond acceptors (Lipinski definition) is 5. The monoisotopic (exact) mass is 351 g/mol. The molecule has 0 aliphatic rings. The highest BCUT2D eigenvalue weighted by atomic mass is 79.9. The normalized spacial score (nSPS) is 11.3. The average Bonchev–Trinajstić information content (AvgIpc) is 2.31. The van der Waals surface area contributed by atoms with Crippen LogP contribution in [0, 0.1) is 10.1 Å². The Labute approximate surface area is 119 Å². The standard InChI is InChI=1S/C10H14BrN3O4S/c1-2-12-5-6-19(17,18)13-10-7-8(14(15)16)3-4-9(10)11/h3-4,7,12-13H,2,5-6H2,1H3. The highest BCUT2D eigenvalue weighted by molar-refractivity contribution is 9.10. The van der Waals surface area contributed by atoms with Gasteiger partial charge < -0.3 is 5.32 Å². The molecule has 0 aliphatic heterocycles. The molecular formula is C10H14BrN3O4S. The third-order valence-electron chi connectivity index (χ3n) is 2.22. The summed E-state index contributed by atoms with van der Waals surface area (Å²) in [6.07, 6.45) is 0. The minimum absolute atomic E-state index is 0.101. The maximum absolute atomic E-state index is 11.8. The topological polar surface area (TPSA) is 101 Å². The second kappa shape index (κ2) is 6.83. The molecule has 7 nitrogen and oxygen atoms in total. The van der Waals surface area contributed by atoms with E-state index >= 15 is 0 Å². The average molecular weight is 352 g/mol. The number of benzene rings is 1. The number of hydrogen-bond donors (Lipinski definition) is 2. The van der Waals surface area contributed by atoms with Gasteiger partial charge >= 0.3 is 0 Å². The van der Waals surface area contributed by atoms with Gasteiger partial charge in [0.1, 0.15) is 0 Å². The Morgan fingerprint density at radius 3 is 2.68 bits per heavy atom. The third-order valence-corrected chi connectivity index (χ3v) is 4.19. The van der Waals surface area contributed by atoms with Crippen molar-refractivity contribution in [1.29, 1.82) is 0 Å². The van der Waals surface area contributed by atoms with E-state index in [1.54, 1.807) is 0 Å². The van der Waals surface area contributed by atoms with E-state index in [0.29, 0.717) is 17.6 Å². The molecule has 19 heavy (non-hydrogen) atoms. The number of non-ortho nitro benzene ring substituents is 1. The lowest BCUT2D eigenvalue weighted by atomic mass is 10.3. The molecule has 0 saturated heterocycles. The van der Waals surface area contributed by atoms with Crippen molar-refractivity contribution < 1.29 is 13.3 Å². The molecule has 1 rings (SSSR count). The minimum Gasteiger partial charge on any atom is -0.316 e. The smallest absolute Gasteiger partial charge is 0.271 e. The molecule has 0 aliphatic carbocycles. The molecule has 9 heteroatoms.